The summed E-state index contributed by atoms with van der Waals surface area (Å²) in [5.74, 6) is 3.83. The van der Waals surface area contributed by atoms with Crippen molar-refractivity contribution in [1.82, 2.24) is 24.7 Å². The molecule has 0 amide bonds. The highest BCUT2D eigenvalue weighted by Crippen LogP contribution is 2.37. The molecule has 0 aliphatic carbocycles. The first-order chi connectivity index (χ1) is 19.7. The van der Waals surface area contributed by atoms with E-state index in [0.717, 1.165) is 86.6 Å². The summed E-state index contributed by atoms with van der Waals surface area (Å²) in [6.07, 6.45) is 6.21. The first kappa shape index (κ1) is 24.4. The van der Waals surface area contributed by atoms with Crippen LogP contribution in [0.3, 0.4) is 0 Å². The lowest BCUT2D eigenvalue weighted by atomic mass is 10.1. The minimum atomic E-state index is 0.735. The lowest BCUT2D eigenvalue weighted by molar-refractivity contribution is 0.414. The highest BCUT2D eigenvalue weighted by Gasteiger charge is 2.28. The number of aromatic nitrogens is 5. The van der Waals surface area contributed by atoms with Gasteiger partial charge in [0.15, 0.2) is 0 Å². The van der Waals surface area contributed by atoms with Crippen molar-refractivity contribution >= 4 is 28.4 Å². The van der Waals surface area contributed by atoms with Crippen LogP contribution >= 0.6 is 0 Å². The van der Waals surface area contributed by atoms with Crippen molar-refractivity contribution in [3.05, 3.63) is 96.1 Å². The van der Waals surface area contributed by atoms with Gasteiger partial charge in [-0.05, 0) is 23.3 Å². The van der Waals surface area contributed by atoms with E-state index in [0.29, 0.717) is 0 Å². The van der Waals surface area contributed by atoms with Gasteiger partial charge in [0, 0.05) is 64.1 Å². The minimum Gasteiger partial charge on any atom is -0.497 e. The Hall–Kier alpha value is -4.66. The van der Waals surface area contributed by atoms with Crippen molar-refractivity contribution in [2.24, 2.45) is 0 Å². The average molecular weight is 533 g/mol. The van der Waals surface area contributed by atoms with Gasteiger partial charge in [0.2, 0.25) is 0 Å². The maximum atomic E-state index is 5.37. The van der Waals surface area contributed by atoms with Crippen molar-refractivity contribution in [3.63, 3.8) is 0 Å². The molecule has 0 N–H and O–H groups in total. The predicted octanol–water partition coefficient (Wildman–Crippen LogP) is 4.17. The second-order valence-corrected chi connectivity index (χ2v) is 10.3. The summed E-state index contributed by atoms with van der Waals surface area (Å²) in [6.45, 7) is 5.89. The van der Waals surface area contributed by atoms with Crippen LogP contribution in [0.1, 0.15) is 16.8 Å². The quantitative estimate of drug-likeness (QED) is 0.309. The zero-order valence-electron chi connectivity index (χ0n) is 22.6. The summed E-state index contributed by atoms with van der Waals surface area (Å²) in [4.78, 5) is 21.1. The Labute approximate surface area is 233 Å². The Morgan fingerprint density at radius 2 is 1.55 bits per heavy atom. The summed E-state index contributed by atoms with van der Waals surface area (Å²) in [5.41, 5.74) is 4.76. The van der Waals surface area contributed by atoms with Gasteiger partial charge in [-0.15, -0.1) is 0 Å². The Morgan fingerprint density at radius 3 is 2.27 bits per heavy atom. The molecule has 0 saturated carbocycles. The Morgan fingerprint density at radius 1 is 0.800 bits per heavy atom. The van der Waals surface area contributed by atoms with Crippen LogP contribution in [0.25, 0.3) is 10.9 Å². The summed E-state index contributed by atoms with van der Waals surface area (Å²) < 4.78 is 7.54. The minimum absolute atomic E-state index is 0.735. The molecule has 2 aliphatic rings. The van der Waals surface area contributed by atoms with E-state index in [1.54, 1.807) is 19.5 Å². The highest BCUT2D eigenvalue weighted by molar-refractivity contribution is 5.95. The van der Waals surface area contributed by atoms with Crippen LogP contribution in [-0.2, 0) is 19.5 Å². The van der Waals surface area contributed by atoms with Crippen molar-refractivity contribution < 1.29 is 4.74 Å². The normalized spacial score (nSPS) is 15.1. The standard InChI is InChI=1S/C31H32N8O/c1-40-25-9-7-24(8-10-25)21-38-14-11-26-30-27(39(35-26)22-23-5-3-2-4-6-23)19-28(34-31(30)38)36-15-17-37(18-16-36)29-20-32-12-13-33-29/h2-10,12-13,19-20H,11,14-18,21-22H2,1H3. The molecule has 2 aromatic carbocycles. The van der Waals surface area contributed by atoms with Gasteiger partial charge in [-0.25, -0.2) is 9.97 Å². The lowest BCUT2D eigenvalue weighted by Crippen LogP contribution is -2.47. The maximum absolute atomic E-state index is 5.37. The molecule has 0 unspecified atom stereocenters. The van der Waals surface area contributed by atoms with Crippen LogP contribution in [-0.4, -0.2) is 64.6 Å². The molecule has 40 heavy (non-hydrogen) atoms. The molecule has 0 radical (unpaired) electrons. The maximum Gasteiger partial charge on any atom is 0.147 e. The smallest absolute Gasteiger partial charge is 0.147 e. The molecule has 2 aliphatic heterocycles. The van der Waals surface area contributed by atoms with E-state index in [-0.39, 0.29) is 0 Å². The summed E-state index contributed by atoms with van der Waals surface area (Å²) in [5, 5.41) is 6.29. The van der Waals surface area contributed by atoms with Crippen molar-refractivity contribution in [2.45, 2.75) is 19.5 Å². The fraction of sp³-hybridized carbons (Fsp3) is 0.290. The molecule has 5 aromatic rings. The topological polar surface area (TPSA) is 75.4 Å². The van der Waals surface area contributed by atoms with E-state index in [1.807, 2.05) is 18.3 Å². The number of hydrogen-bond donors (Lipinski definition) is 0. The number of methoxy groups -OCH3 is 1. The van der Waals surface area contributed by atoms with Gasteiger partial charge >= 0.3 is 0 Å². The van der Waals surface area contributed by atoms with Gasteiger partial charge in [0.25, 0.3) is 0 Å². The Balaban J connectivity index is 1.24. The summed E-state index contributed by atoms with van der Waals surface area (Å²) >= 11 is 0. The summed E-state index contributed by atoms with van der Waals surface area (Å²) in [7, 11) is 1.70. The molecule has 1 saturated heterocycles. The molecule has 3 aromatic heterocycles. The van der Waals surface area contributed by atoms with E-state index < -0.39 is 0 Å². The van der Waals surface area contributed by atoms with Crippen LogP contribution in [0.4, 0.5) is 17.5 Å². The number of nitrogens with zero attached hydrogens (tertiary/aromatic N) is 8. The molecule has 0 atom stereocenters. The van der Waals surface area contributed by atoms with Crippen LogP contribution in [0.2, 0.25) is 0 Å². The molecular formula is C31H32N8O. The van der Waals surface area contributed by atoms with Crippen molar-refractivity contribution in [1.29, 1.82) is 0 Å². The molecule has 0 bridgehead atoms. The molecule has 9 heteroatoms. The van der Waals surface area contributed by atoms with Crippen molar-refractivity contribution in [3.8, 4) is 5.75 Å². The first-order valence-electron chi connectivity index (χ1n) is 13.8. The third-order valence-electron chi connectivity index (χ3n) is 7.88. The first-order valence-corrected chi connectivity index (χ1v) is 13.8. The van der Waals surface area contributed by atoms with Gasteiger partial charge in [-0.1, -0.05) is 42.5 Å². The number of rotatable bonds is 7. The molecule has 9 nitrogen and oxygen atoms in total. The number of hydrogen-bond acceptors (Lipinski definition) is 8. The summed E-state index contributed by atoms with van der Waals surface area (Å²) in [6, 6.07) is 21.1. The van der Waals surface area contributed by atoms with Gasteiger partial charge in [-0.3, -0.25) is 9.67 Å². The molecule has 1 fully saturated rings. The second-order valence-electron chi connectivity index (χ2n) is 10.3. The Bertz CT molecular complexity index is 1600. The van der Waals surface area contributed by atoms with Crippen LogP contribution in [0.15, 0.2) is 79.3 Å². The van der Waals surface area contributed by atoms with Gasteiger partial charge in [0.1, 0.15) is 23.2 Å². The number of pyridine rings is 1. The zero-order valence-corrected chi connectivity index (χ0v) is 22.6. The third-order valence-corrected chi connectivity index (χ3v) is 7.88. The van der Waals surface area contributed by atoms with Gasteiger partial charge < -0.3 is 19.4 Å². The number of piperazine rings is 1. The molecular weight excluding hydrogens is 500 g/mol. The van der Waals surface area contributed by atoms with Crippen LogP contribution in [0.5, 0.6) is 5.75 Å². The fourth-order valence-electron chi connectivity index (χ4n) is 5.75. The average Bonchev–Trinajstić information content (AvgIpc) is 3.37. The van der Waals surface area contributed by atoms with Crippen molar-refractivity contribution in [2.75, 3.05) is 54.5 Å². The predicted molar refractivity (Wildman–Crippen MR) is 157 cm³/mol. The third kappa shape index (κ3) is 4.68. The number of ether oxygens (including phenoxy) is 1. The Kier molecular flexibility index (Phi) is 6.39. The fourth-order valence-corrected chi connectivity index (χ4v) is 5.75. The van der Waals surface area contributed by atoms with E-state index in [4.69, 9.17) is 14.8 Å². The van der Waals surface area contributed by atoms with Gasteiger partial charge in [-0.2, -0.15) is 5.10 Å². The lowest BCUT2D eigenvalue weighted by Gasteiger charge is -2.36. The van der Waals surface area contributed by atoms with E-state index in [9.17, 15) is 0 Å². The molecule has 0 spiro atoms. The van der Waals surface area contributed by atoms with Gasteiger partial charge in [0.05, 0.1) is 36.4 Å². The van der Waals surface area contributed by atoms with Crippen LogP contribution < -0.4 is 19.4 Å². The largest absolute Gasteiger partial charge is 0.497 e. The zero-order chi connectivity index (χ0) is 26.9. The molecule has 5 heterocycles. The second kappa shape index (κ2) is 10.5. The van der Waals surface area contributed by atoms with Crippen LogP contribution in [0, 0.1) is 0 Å². The monoisotopic (exact) mass is 532 g/mol. The number of benzene rings is 2. The van der Waals surface area contributed by atoms with E-state index >= 15 is 0 Å². The molecule has 7 rings (SSSR count). The highest BCUT2D eigenvalue weighted by atomic mass is 16.5. The SMILES string of the molecule is COc1ccc(CN2CCc3nn(Cc4ccccc4)c4cc(N5CCN(c6cnccn6)CC5)nc2c34)cc1. The van der Waals surface area contributed by atoms with E-state index in [2.05, 4.69) is 77.9 Å². The molecule has 202 valence electrons. The number of anilines is 3. The van der Waals surface area contributed by atoms with E-state index in [1.165, 1.54) is 16.5 Å².